The molecule has 0 saturated heterocycles. The van der Waals surface area contributed by atoms with Gasteiger partial charge in [-0.1, -0.05) is 17.3 Å². The Labute approximate surface area is 104 Å². The minimum absolute atomic E-state index is 0.168. The van der Waals surface area contributed by atoms with Crippen LogP contribution in [0.3, 0.4) is 0 Å². The van der Waals surface area contributed by atoms with E-state index >= 15 is 0 Å². The van der Waals surface area contributed by atoms with Crippen LogP contribution in [-0.2, 0) is 11.3 Å². The van der Waals surface area contributed by atoms with Gasteiger partial charge in [0, 0.05) is 13.2 Å². The summed E-state index contributed by atoms with van der Waals surface area (Å²) in [7, 11) is 0. The van der Waals surface area contributed by atoms with Gasteiger partial charge in [0.2, 0.25) is 0 Å². The van der Waals surface area contributed by atoms with E-state index in [-0.39, 0.29) is 11.7 Å². The number of rotatable bonds is 5. The van der Waals surface area contributed by atoms with Gasteiger partial charge in [0.25, 0.3) is 5.56 Å². The van der Waals surface area contributed by atoms with Gasteiger partial charge in [-0.25, -0.2) is 4.68 Å². The second-order valence-corrected chi connectivity index (χ2v) is 3.91. The highest BCUT2D eigenvalue weighted by Gasteiger charge is 2.11. The molecule has 6 nitrogen and oxygen atoms in total. The first-order valence-electron chi connectivity index (χ1n) is 5.90. The quantitative estimate of drug-likeness (QED) is 0.814. The van der Waals surface area contributed by atoms with Gasteiger partial charge < -0.3 is 10.5 Å². The predicted octanol–water partition coefficient (Wildman–Crippen LogP) is 0.155. The number of fused-ring (bicyclic) bond motifs is 1. The van der Waals surface area contributed by atoms with Gasteiger partial charge in [0.15, 0.2) is 0 Å². The van der Waals surface area contributed by atoms with Crippen LogP contribution < -0.4 is 11.3 Å². The third-order valence-corrected chi connectivity index (χ3v) is 2.67. The van der Waals surface area contributed by atoms with Gasteiger partial charge >= 0.3 is 0 Å². The molecule has 96 valence electrons. The summed E-state index contributed by atoms with van der Waals surface area (Å²) in [4.78, 5) is 12.1. The summed E-state index contributed by atoms with van der Waals surface area (Å²) in [6.07, 6.45) is -0.219. The second-order valence-electron chi connectivity index (χ2n) is 3.91. The molecule has 1 atom stereocenters. The van der Waals surface area contributed by atoms with Crippen LogP contribution in [0.25, 0.3) is 10.9 Å². The van der Waals surface area contributed by atoms with E-state index in [1.165, 1.54) is 4.68 Å². The summed E-state index contributed by atoms with van der Waals surface area (Å²) in [6, 6.07) is 7.13. The molecule has 0 spiro atoms. The number of nitrogens with zero attached hydrogens (tertiary/aromatic N) is 3. The maximum Gasteiger partial charge on any atom is 0.277 e. The molecule has 18 heavy (non-hydrogen) atoms. The fourth-order valence-electron chi connectivity index (χ4n) is 1.77. The standard InChI is InChI=1S/C12H16N4O2/c1-2-18-9(7-13)8-16-12(17)10-5-3-4-6-11(10)14-15-16/h3-6,9H,2,7-8,13H2,1H3. The Bertz CT molecular complexity index is 582. The van der Waals surface area contributed by atoms with Crippen LogP contribution in [0.2, 0.25) is 0 Å². The monoisotopic (exact) mass is 248 g/mol. The van der Waals surface area contributed by atoms with Gasteiger partial charge in [-0.05, 0) is 19.1 Å². The van der Waals surface area contributed by atoms with Crippen molar-refractivity contribution in [3.05, 3.63) is 34.6 Å². The Morgan fingerprint density at radius 1 is 1.44 bits per heavy atom. The van der Waals surface area contributed by atoms with E-state index in [1.54, 1.807) is 18.2 Å². The number of benzene rings is 1. The molecule has 6 heteroatoms. The Hall–Kier alpha value is -1.79. The zero-order chi connectivity index (χ0) is 13.0. The molecule has 0 radical (unpaired) electrons. The highest BCUT2D eigenvalue weighted by Crippen LogP contribution is 2.03. The lowest BCUT2D eigenvalue weighted by Crippen LogP contribution is -2.35. The fourth-order valence-corrected chi connectivity index (χ4v) is 1.77. The molecule has 2 aromatic rings. The Balaban J connectivity index is 2.34. The van der Waals surface area contributed by atoms with Crippen molar-refractivity contribution < 1.29 is 4.74 Å². The number of aromatic nitrogens is 3. The average molecular weight is 248 g/mol. The third-order valence-electron chi connectivity index (χ3n) is 2.67. The van der Waals surface area contributed by atoms with Crippen molar-refractivity contribution in [2.75, 3.05) is 13.2 Å². The summed E-state index contributed by atoms with van der Waals surface area (Å²) < 4.78 is 6.71. The minimum Gasteiger partial charge on any atom is -0.375 e. The SMILES string of the molecule is CCOC(CN)Cn1nnc2ccccc2c1=O. The number of hydrogen-bond acceptors (Lipinski definition) is 5. The zero-order valence-electron chi connectivity index (χ0n) is 10.2. The van der Waals surface area contributed by atoms with Crippen molar-refractivity contribution in [2.45, 2.75) is 19.6 Å². The topological polar surface area (TPSA) is 83.0 Å². The molecule has 1 aromatic heterocycles. The molecule has 0 fully saturated rings. The van der Waals surface area contributed by atoms with Crippen molar-refractivity contribution >= 4 is 10.9 Å². The normalized spacial score (nSPS) is 12.8. The van der Waals surface area contributed by atoms with Gasteiger partial charge in [-0.3, -0.25) is 4.79 Å². The maximum atomic E-state index is 12.1. The van der Waals surface area contributed by atoms with Crippen molar-refractivity contribution in [3.63, 3.8) is 0 Å². The summed E-state index contributed by atoms with van der Waals surface area (Å²) in [5.41, 5.74) is 6.01. The molecule has 0 saturated carbocycles. The molecule has 0 aliphatic heterocycles. The zero-order valence-corrected chi connectivity index (χ0v) is 10.2. The molecular formula is C12H16N4O2. The van der Waals surface area contributed by atoms with E-state index in [2.05, 4.69) is 10.3 Å². The second kappa shape index (κ2) is 5.70. The number of hydrogen-bond donors (Lipinski definition) is 1. The molecule has 2 rings (SSSR count). The maximum absolute atomic E-state index is 12.1. The van der Waals surface area contributed by atoms with Crippen molar-refractivity contribution in [1.82, 2.24) is 15.0 Å². The van der Waals surface area contributed by atoms with Crippen LogP contribution in [0.5, 0.6) is 0 Å². The van der Waals surface area contributed by atoms with Gasteiger partial charge in [0.1, 0.15) is 5.52 Å². The van der Waals surface area contributed by atoms with Crippen molar-refractivity contribution in [2.24, 2.45) is 5.73 Å². The first-order chi connectivity index (χ1) is 8.76. The Morgan fingerprint density at radius 3 is 2.94 bits per heavy atom. The van der Waals surface area contributed by atoms with Gasteiger partial charge in [-0.2, -0.15) is 0 Å². The summed E-state index contributed by atoms with van der Waals surface area (Å²) >= 11 is 0. The van der Waals surface area contributed by atoms with Crippen LogP contribution in [-0.4, -0.2) is 34.2 Å². The molecular weight excluding hydrogens is 232 g/mol. The van der Waals surface area contributed by atoms with Crippen LogP contribution in [0, 0.1) is 0 Å². The first kappa shape index (κ1) is 12.7. The highest BCUT2D eigenvalue weighted by molar-refractivity contribution is 5.76. The van der Waals surface area contributed by atoms with Gasteiger partial charge in [0.05, 0.1) is 18.0 Å². The molecule has 2 N–H and O–H groups in total. The summed E-state index contributed by atoms with van der Waals surface area (Å²) in [5.74, 6) is 0. The van der Waals surface area contributed by atoms with Crippen LogP contribution in [0.4, 0.5) is 0 Å². The van der Waals surface area contributed by atoms with Crippen LogP contribution >= 0.6 is 0 Å². The molecule has 1 unspecified atom stereocenters. The molecule has 1 aromatic carbocycles. The van der Waals surface area contributed by atoms with E-state index in [9.17, 15) is 4.79 Å². The number of ether oxygens (including phenoxy) is 1. The summed E-state index contributed by atoms with van der Waals surface area (Å²) in [5, 5.41) is 8.46. The summed E-state index contributed by atoms with van der Waals surface area (Å²) in [6.45, 7) is 3.10. The average Bonchev–Trinajstić information content (AvgIpc) is 2.41. The third kappa shape index (κ3) is 2.55. The Morgan fingerprint density at radius 2 is 2.22 bits per heavy atom. The van der Waals surface area contributed by atoms with Crippen molar-refractivity contribution in [3.8, 4) is 0 Å². The lowest BCUT2D eigenvalue weighted by Gasteiger charge is -2.14. The van der Waals surface area contributed by atoms with Crippen molar-refractivity contribution in [1.29, 1.82) is 0 Å². The first-order valence-corrected chi connectivity index (χ1v) is 5.90. The van der Waals surface area contributed by atoms with E-state index in [0.29, 0.717) is 30.6 Å². The van der Waals surface area contributed by atoms with Crippen LogP contribution in [0.15, 0.2) is 29.1 Å². The molecule has 0 amide bonds. The lowest BCUT2D eigenvalue weighted by molar-refractivity contribution is 0.0526. The number of nitrogens with two attached hydrogens (primary N) is 1. The molecule has 0 aliphatic rings. The largest absolute Gasteiger partial charge is 0.375 e. The van der Waals surface area contributed by atoms with E-state index in [1.807, 2.05) is 13.0 Å². The minimum atomic E-state index is -0.219. The van der Waals surface area contributed by atoms with Gasteiger partial charge in [-0.15, -0.1) is 5.10 Å². The lowest BCUT2D eigenvalue weighted by atomic mass is 10.2. The molecule has 1 heterocycles. The fraction of sp³-hybridized carbons (Fsp3) is 0.417. The predicted molar refractivity (Wildman–Crippen MR) is 68.3 cm³/mol. The molecule has 0 aliphatic carbocycles. The van der Waals surface area contributed by atoms with E-state index in [0.717, 1.165) is 0 Å². The van der Waals surface area contributed by atoms with Crippen LogP contribution in [0.1, 0.15) is 6.92 Å². The van der Waals surface area contributed by atoms with E-state index < -0.39 is 0 Å². The van der Waals surface area contributed by atoms with E-state index in [4.69, 9.17) is 10.5 Å². The molecule has 0 bridgehead atoms. The Kier molecular flexibility index (Phi) is 4.01. The smallest absolute Gasteiger partial charge is 0.277 e. The highest BCUT2D eigenvalue weighted by atomic mass is 16.5.